The van der Waals surface area contributed by atoms with E-state index in [1.807, 2.05) is 38.1 Å². The highest BCUT2D eigenvalue weighted by Gasteiger charge is 2.10. The van der Waals surface area contributed by atoms with Gasteiger partial charge in [0.1, 0.15) is 0 Å². The predicted octanol–water partition coefficient (Wildman–Crippen LogP) is 1.24. The van der Waals surface area contributed by atoms with Gasteiger partial charge in [-0.2, -0.15) is 0 Å². The molecule has 0 aliphatic heterocycles. The lowest BCUT2D eigenvalue weighted by molar-refractivity contribution is 0.832. The van der Waals surface area contributed by atoms with Gasteiger partial charge in [0.25, 0.3) is 5.56 Å². The average molecular weight is 217 g/mol. The van der Waals surface area contributed by atoms with Crippen LogP contribution < -0.4 is 11.3 Å². The number of hydrogen-bond acceptors (Lipinski definition) is 2. The zero-order valence-electron chi connectivity index (χ0n) is 9.45. The van der Waals surface area contributed by atoms with Gasteiger partial charge < -0.3 is 5.73 Å². The van der Waals surface area contributed by atoms with E-state index in [9.17, 15) is 4.79 Å². The molecule has 0 saturated carbocycles. The van der Waals surface area contributed by atoms with Crippen molar-refractivity contribution in [3.8, 4) is 5.69 Å². The topological polar surface area (TPSA) is 63.8 Å². The van der Waals surface area contributed by atoms with Crippen LogP contribution in [0.5, 0.6) is 0 Å². The van der Waals surface area contributed by atoms with E-state index in [0.717, 1.165) is 16.9 Å². The van der Waals surface area contributed by atoms with Gasteiger partial charge in [-0.15, -0.1) is 0 Å². The average Bonchev–Trinajstić information content (AvgIpc) is 2.54. The zero-order valence-corrected chi connectivity index (χ0v) is 9.45. The van der Waals surface area contributed by atoms with Crippen LogP contribution in [-0.4, -0.2) is 9.78 Å². The Bertz CT molecular complexity index is 566. The van der Waals surface area contributed by atoms with Crippen LogP contribution in [0, 0.1) is 13.8 Å². The molecule has 0 radical (unpaired) electrons. The Morgan fingerprint density at radius 1 is 1.38 bits per heavy atom. The van der Waals surface area contributed by atoms with E-state index in [2.05, 4.69) is 5.10 Å². The smallest absolute Gasteiger partial charge is 0.269 e. The number of aromatic amines is 1. The van der Waals surface area contributed by atoms with Gasteiger partial charge in [-0.05, 0) is 31.5 Å². The standard InChI is InChI=1S/C12H15N3O/c1-8-4-3-5-10(6-8)15-9(2)11(7-13)12(16)14-15/h3-6H,7,13H2,1-2H3,(H,14,16). The second-order valence-corrected chi connectivity index (χ2v) is 3.88. The number of nitrogens with zero attached hydrogens (tertiary/aromatic N) is 1. The second kappa shape index (κ2) is 3.98. The highest BCUT2D eigenvalue weighted by molar-refractivity contribution is 5.37. The molecule has 1 aromatic heterocycles. The van der Waals surface area contributed by atoms with Crippen molar-refractivity contribution in [2.24, 2.45) is 5.73 Å². The molecule has 2 rings (SSSR count). The van der Waals surface area contributed by atoms with Crippen molar-refractivity contribution in [1.29, 1.82) is 0 Å². The van der Waals surface area contributed by atoms with E-state index >= 15 is 0 Å². The number of benzene rings is 1. The first-order valence-corrected chi connectivity index (χ1v) is 5.21. The second-order valence-electron chi connectivity index (χ2n) is 3.88. The molecular formula is C12H15N3O. The maximum absolute atomic E-state index is 11.6. The Labute approximate surface area is 93.7 Å². The van der Waals surface area contributed by atoms with E-state index < -0.39 is 0 Å². The highest BCUT2D eigenvalue weighted by Crippen LogP contribution is 2.12. The Morgan fingerprint density at radius 3 is 2.69 bits per heavy atom. The van der Waals surface area contributed by atoms with Crippen molar-refractivity contribution in [1.82, 2.24) is 9.78 Å². The Balaban J connectivity index is 2.61. The van der Waals surface area contributed by atoms with Crippen molar-refractivity contribution in [3.63, 3.8) is 0 Å². The van der Waals surface area contributed by atoms with Crippen molar-refractivity contribution in [2.45, 2.75) is 20.4 Å². The molecule has 3 N–H and O–H groups in total. The molecule has 2 aromatic rings. The molecule has 0 unspecified atom stereocenters. The summed E-state index contributed by atoms with van der Waals surface area (Å²) in [6, 6.07) is 7.95. The van der Waals surface area contributed by atoms with Gasteiger partial charge in [0.2, 0.25) is 0 Å². The fraction of sp³-hybridized carbons (Fsp3) is 0.250. The lowest BCUT2D eigenvalue weighted by Gasteiger charge is -2.06. The molecule has 0 amide bonds. The maximum atomic E-state index is 11.6. The summed E-state index contributed by atoms with van der Waals surface area (Å²) in [4.78, 5) is 11.6. The number of aromatic nitrogens is 2. The summed E-state index contributed by atoms with van der Waals surface area (Å²) in [5.41, 5.74) is 9.05. The molecule has 0 aliphatic carbocycles. The van der Waals surface area contributed by atoms with E-state index in [1.54, 1.807) is 4.68 Å². The number of H-pyrrole nitrogens is 1. The highest BCUT2D eigenvalue weighted by atomic mass is 16.1. The predicted molar refractivity (Wildman–Crippen MR) is 63.8 cm³/mol. The molecular weight excluding hydrogens is 202 g/mol. The number of nitrogens with one attached hydrogen (secondary N) is 1. The van der Waals surface area contributed by atoms with Crippen LogP contribution in [0.2, 0.25) is 0 Å². The first-order valence-electron chi connectivity index (χ1n) is 5.21. The van der Waals surface area contributed by atoms with Crippen LogP contribution in [0.4, 0.5) is 0 Å². The van der Waals surface area contributed by atoms with Gasteiger partial charge in [-0.3, -0.25) is 14.6 Å². The summed E-state index contributed by atoms with van der Waals surface area (Å²) in [7, 11) is 0. The summed E-state index contributed by atoms with van der Waals surface area (Å²) in [6.07, 6.45) is 0. The number of nitrogens with two attached hydrogens (primary N) is 1. The van der Waals surface area contributed by atoms with E-state index in [-0.39, 0.29) is 12.1 Å². The van der Waals surface area contributed by atoms with Crippen LogP contribution in [0.25, 0.3) is 5.69 Å². The third-order valence-corrected chi connectivity index (χ3v) is 2.72. The van der Waals surface area contributed by atoms with E-state index in [0.29, 0.717) is 5.56 Å². The third kappa shape index (κ3) is 1.67. The Kier molecular flexibility index (Phi) is 2.66. The summed E-state index contributed by atoms with van der Waals surface area (Å²) >= 11 is 0. The summed E-state index contributed by atoms with van der Waals surface area (Å²) in [6.45, 7) is 4.17. The first-order chi connectivity index (χ1) is 7.63. The summed E-state index contributed by atoms with van der Waals surface area (Å²) in [5.74, 6) is 0. The molecule has 84 valence electrons. The fourth-order valence-electron chi connectivity index (χ4n) is 1.82. The van der Waals surface area contributed by atoms with Gasteiger partial charge >= 0.3 is 0 Å². The van der Waals surface area contributed by atoms with Crippen LogP contribution in [0.1, 0.15) is 16.8 Å². The fourth-order valence-corrected chi connectivity index (χ4v) is 1.82. The summed E-state index contributed by atoms with van der Waals surface area (Å²) < 4.78 is 1.78. The Hall–Kier alpha value is -1.81. The molecule has 0 spiro atoms. The molecule has 0 aliphatic rings. The number of rotatable bonds is 2. The molecule has 1 heterocycles. The molecule has 4 heteroatoms. The number of aryl methyl sites for hydroxylation is 1. The zero-order chi connectivity index (χ0) is 11.7. The largest absolute Gasteiger partial charge is 0.326 e. The van der Waals surface area contributed by atoms with E-state index in [1.165, 1.54) is 0 Å². The van der Waals surface area contributed by atoms with Gasteiger partial charge in [0.15, 0.2) is 0 Å². The minimum atomic E-state index is -0.110. The number of hydrogen-bond donors (Lipinski definition) is 2. The van der Waals surface area contributed by atoms with Crippen LogP contribution >= 0.6 is 0 Å². The summed E-state index contributed by atoms with van der Waals surface area (Å²) in [5, 5.41) is 2.79. The van der Waals surface area contributed by atoms with Crippen LogP contribution in [0.15, 0.2) is 29.1 Å². The minimum Gasteiger partial charge on any atom is -0.326 e. The van der Waals surface area contributed by atoms with Gasteiger partial charge in [-0.25, -0.2) is 0 Å². The molecule has 1 aromatic carbocycles. The van der Waals surface area contributed by atoms with Crippen molar-refractivity contribution in [3.05, 3.63) is 51.4 Å². The first kappa shape index (κ1) is 10.7. The molecule has 0 bridgehead atoms. The normalized spacial score (nSPS) is 10.7. The van der Waals surface area contributed by atoms with E-state index in [4.69, 9.17) is 5.73 Å². The van der Waals surface area contributed by atoms with Crippen molar-refractivity contribution >= 4 is 0 Å². The molecule has 0 saturated heterocycles. The molecule has 0 fully saturated rings. The van der Waals surface area contributed by atoms with Crippen LogP contribution in [-0.2, 0) is 6.54 Å². The van der Waals surface area contributed by atoms with Crippen molar-refractivity contribution in [2.75, 3.05) is 0 Å². The molecule has 0 atom stereocenters. The van der Waals surface area contributed by atoms with Gasteiger partial charge in [-0.1, -0.05) is 12.1 Å². The quantitative estimate of drug-likeness (QED) is 0.795. The molecule has 4 nitrogen and oxygen atoms in total. The minimum absolute atomic E-state index is 0.110. The van der Waals surface area contributed by atoms with Crippen LogP contribution in [0.3, 0.4) is 0 Å². The SMILES string of the molecule is Cc1cccc(-n2[nH]c(=O)c(CN)c2C)c1. The van der Waals surface area contributed by atoms with Gasteiger partial charge in [0.05, 0.1) is 11.3 Å². The third-order valence-electron chi connectivity index (χ3n) is 2.72. The maximum Gasteiger partial charge on any atom is 0.269 e. The van der Waals surface area contributed by atoms with Crippen molar-refractivity contribution < 1.29 is 0 Å². The monoisotopic (exact) mass is 217 g/mol. The lowest BCUT2D eigenvalue weighted by atomic mass is 10.2. The lowest BCUT2D eigenvalue weighted by Crippen LogP contribution is -2.10. The molecule has 16 heavy (non-hydrogen) atoms. The Morgan fingerprint density at radius 2 is 2.12 bits per heavy atom. The van der Waals surface area contributed by atoms with Gasteiger partial charge in [0, 0.05) is 12.2 Å².